The van der Waals surface area contributed by atoms with Gasteiger partial charge in [-0.15, -0.1) is 0 Å². The average Bonchev–Trinajstić information content (AvgIpc) is 2.47. The lowest BCUT2D eigenvalue weighted by atomic mass is 9.95. The van der Waals surface area contributed by atoms with E-state index < -0.39 is 5.60 Å². The monoisotopic (exact) mass is 344 g/mol. The molecule has 0 fully saturated rings. The first-order valence-corrected chi connectivity index (χ1v) is 9.04. The number of carbonyl (C=O) groups excluding carboxylic acids is 2. The van der Waals surface area contributed by atoms with E-state index in [0.29, 0.717) is 25.6 Å². The number of rotatable bonds is 10. The van der Waals surface area contributed by atoms with Gasteiger partial charge in [-0.2, -0.15) is 0 Å². The molecule has 0 aromatic heterocycles. The average molecular weight is 344 g/mol. The predicted molar refractivity (Wildman–Crippen MR) is 96.1 cm³/mol. The molecule has 2 amide bonds. The summed E-state index contributed by atoms with van der Waals surface area (Å²) < 4.78 is 10.5. The first-order valence-electron chi connectivity index (χ1n) is 9.04. The number of ether oxygens (including phenoxy) is 2. The standard InChI is InChI=1S/C18H36N2O4/c1-7-9-10-15(12-14-23-16(21)19-8-2)11-13-20(6)17(22)24-18(3,4)5/h15H,7-14H2,1-6H3,(H,19,21)/t15-/m1/s1. The van der Waals surface area contributed by atoms with E-state index >= 15 is 0 Å². The maximum absolute atomic E-state index is 12.0. The van der Waals surface area contributed by atoms with E-state index in [1.165, 1.54) is 0 Å². The molecule has 24 heavy (non-hydrogen) atoms. The van der Waals surface area contributed by atoms with Crippen molar-refractivity contribution in [3.05, 3.63) is 0 Å². The Morgan fingerprint density at radius 1 is 1.12 bits per heavy atom. The summed E-state index contributed by atoms with van der Waals surface area (Å²) >= 11 is 0. The Kier molecular flexibility index (Phi) is 11.3. The Hall–Kier alpha value is -1.46. The molecule has 0 radical (unpaired) electrons. The Labute approximate surface area is 147 Å². The van der Waals surface area contributed by atoms with Crippen molar-refractivity contribution in [1.29, 1.82) is 0 Å². The minimum atomic E-state index is -0.479. The first-order chi connectivity index (χ1) is 11.2. The van der Waals surface area contributed by atoms with Crippen molar-refractivity contribution in [1.82, 2.24) is 10.2 Å². The Morgan fingerprint density at radius 3 is 2.33 bits per heavy atom. The Morgan fingerprint density at radius 2 is 1.79 bits per heavy atom. The maximum atomic E-state index is 12.0. The van der Waals surface area contributed by atoms with Crippen molar-refractivity contribution in [2.45, 2.75) is 72.3 Å². The molecule has 6 heteroatoms. The molecule has 0 saturated heterocycles. The van der Waals surface area contributed by atoms with Gasteiger partial charge in [-0.05, 0) is 46.5 Å². The van der Waals surface area contributed by atoms with E-state index in [-0.39, 0.29) is 12.2 Å². The molecular formula is C18H36N2O4. The zero-order valence-electron chi connectivity index (χ0n) is 16.3. The summed E-state index contributed by atoms with van der Waals surface area (Å²) in [5.41, 5.74) is -0.479. The van der Waals surface area contributed by atoms with Crippen LogP contribution in [0.4, 0.5) is 9.59 Å². The highest BCUT2D eigenvalue weighted by atomic mass is 16.6. The Balaban J connectivity index is 4.26. The van der Waals surface area contributed by atoms with Crippen LogP contribution in [0.15, 0.2) is 0 Å². The molecule has 1 atom stereocenters. The second kappa shape index (κ2) is 12.0. The maximum Gasteiger partial charge on any atom is 0.410 e. The van der Waals surface area contributed by atoms with Gasteiger partial charge in [0.2, 0.25) is 0 Å². The molecule has 0 spiro atoms. The number of carbonyl (C=O) groups is 2. The summed E-state index contributed by atoms with van der Waals surface area (Å²) in [5, 5.41) is 2.62. The van der Waals surface area contributed by atoms with Crippen LogP contribution in [0.25, 0.3) is 0 Å². The van der Waals surface area contributed by atoms with E-state index in [9.17, 15) is 9.59 Å². The van der Waals surface area contributed by atoms with E-state index in [2.05, 4.69) is 12.2 Å². The normalized spacial score (nSPS) is 12.4. The van der Waals surface area contributed by atoms with Crippen molar-refractivity contribution < 1.29 is 19.1 Å². The minimum absolute atomic E-state index is 0.296. The van der Waals surface area contributed by atoms with Crippen molar-refractivity contribution >= 4 is 12.2 Å². The summed E-state index contributed by atoms with van der Waals surface area (Å²) in [7, 11) is 1.76. The van der Waals surface area contributed by atoms with E-state index in [0.717, 1.165) is 32.1 Å². The number of alkyl carbamates (subject to hydrolysis) is 1. The van der Waals surface area contributed by atoms with Crippen LogP contribution in [0, 0.1) is 5.92 Å². The van der Waals surface area contributed by atoms with Gasteiger partial charge >= 0.3 is 12.2 Å². The molecule has 0 bridgehead atoms. The summed E-state index contributed by atoms with van der Waals surface area (Å²) in [4.78, 5) is 24.9. The molecule has 6 nitrogen and oxygen atoms in total. The van der Waals surface area contributed by atoms with Crippen LogP contribution in [0.1, 0.15) is 66.7 Å². The van der Waals surface area contributed by atoms with Gasteiger partial charge in [0.25, 0.3) is 0 Å². The lowest BCUT2D eigenvalue weighted by Crippen LogP contribution is -2.35. The molecule has 0 aliphatic heterocycles. The van der Waals surface area contributed by atoms with Gasteiger partial charge in [0.15, 0.2) is 0 Å². The second-order valence-corrected chi connectivity index (χ2v) is 7.15. The second-order valence-electron chi connectivity index (χ2n) is 7.15. The van der Waals surface area contributed by atoms with Crippen LogP contribution in [0.3, 0.4) is 0 Å². The zero-order valence-corrected chi connectivity index (χ0v) is 16.3. The largest absolute Gasteiger partial charge is 0.450 e. The smallest absolute Gasteiger partial charge is 0.410 e. The van der Waals surface area contributed by atoms with Crippen LogP contribution < -0.4 is 5.32 Å². The molecule has 0 unspecified atom stereocenters. The van der Waals surface area contributed by atoms with Gasteiger partial charge in [-0.3, -0.25) is 0 Å². The fraction of sp³-hybridized carbons (Fsp3) is 0.889. The van der Waals surface area contributed by atoms with E-state index in [4.69, 9.17) is 9.47 Å². The third-order valence-electron chi connectivity index (χ3n) is 3.62. The SMILES string of the molecule is CCCC[C@@H](CCOC(=O)NCC)CCN(C)C(=O)OC(C)(C)C. The number of amides is 2. The lowest BCUT2D eigenvalue weighted by molar-refractivity contribution is 0.0288. The summed E-state index contributed by atoms with van der Waals surface area (Å²) in [6, 6.07) is 0. The topological polar surface area (TPSA) is 67.9 Å². The van der Waals surface area contributed by atoms with Crippen LogP contribution >= 0.6 is 0 Å². The third-order valence-corrected chi connectivity index (χ3v) is 3.62. The molecule has 142 valence electrons. The van der Waals surface area contributed by atoms with Crippen molar-refractivity contribution in [3.63, 3.8) is 0 Å². The minimum Gasteiger partial charge on any atom is -0.450 e. The third kappa shape index (κ3) is 12.0. The van der Waals surface area contributed by atoms with Crippen LogP contribution in [-0.2, 0) is 9.47 Å². The molecule has 1 N–H and O–H groups in total. The summed E-state index contributed by atoms with van der Waals surface area (Å²) in [5.74, 6) is 0.435. The molecule has 0 rings (SSSR count). The van der Waals surface area contributed by atoms with Crippen LogP contribution in [0.5, 0.6) is 0 Å². The number of hydrogen-bond donors (Lipinski definition) is 1. The highest BCUT2D eigenvalue weighted by molar-refractivity contribution is 5.67. The molecule has 0 aromatic rings. The molecular weight excluding hydrogens is 308 g/mol. The summed E-state index contributed by atoms with van der Waals surface area (Å²) in [6.45, 7) is 11.2. The van der Waals surface area contributed by atoms with Crippen LogP contribution in [-0.4, -0.2) is 49.4 Å². The van der Waals surface area contributed by atoms with Crippen molar-refractivity contribution in [2.24, 2.45) is 5.92 Å². The van der Waals surface area contributed by atoms with Crippen molar-refractivity contribution in [3.8, 4) is 0 Å². The summed E-state index contributed by atoms with van der Waals surface area (Å²) in [6.07, 6.45) is 4.40. The number of nitrogens with zero attached hydrogens (tertiary/aromatic N) is 1. The molecule has 0 heterocycles. The van der Waals surface area contributed by atoms with Gasteiger partial charge in [-0.1, -0.05) is 26.2 Å². The van der Waals surface area contributed by atoms with Gasteiger partial charge < -0.3 is 19.7 Å². The van der Waals surface area contributed by atoms with Crippen LogP contribution in [0.2, 0.25) is 0 Å². The number of hydrogen-bond acceptors (Lipinski definition) is 4. The number of nitrogens with one attached hydrogen (secondary N) is 1. The highest BCUT2D eigenvalue weighted by Crippen LogP contribution is 2.18. The van der Waals surface area contributed by atoms with E-state index in [1.54, 1.807) is 11.9 Å². The quantitative estimate of drug-likeness (QED) is 0.645. The fourth-order valence-corrected chi connectivity index (χ4v) is 2.25. The molecule has 0 aliphatic carbocycles. The van der Waals surface area contributed by atoms with E-state index in [1.807, 2.05) is 27.7 Å². The first kappa shape index (κ1) is 22.5. The fourth-order valence-electron chi connectivity index (χ4n) is 2.25. The lowest BCUT2D eigenvalue weighted by Gasteiger charge is -2.26. The Bertz CT molecular complexity index is 367. The number of unbranched alkanes of at least 4 members (excludes halogenated alkanes) is 1. The molecule has 0 aromatic carbocycles. The zero-order chi connectivity index (χ0) is 18.6. The van der Waals surface area contributed by atoms with Gasteiger partial charge in [-0.25, -0.2) is 9.59 Å². The van der Waals surface area contributed by atoms with Gasteiger partial charge in [0.05, 0.1) is 6.61 Å². The molecule has 0 aliphatic rings. The van der Waals surface area contributed by atoms with Gasteiger partial charge in [0.1, 0.15) is 5.60 Å². The highest BCUT2D eigenvalue weighted by Gasteiger charge is 2.20. The molecule has 0 saturated carbocycles. The van der Waals surface area contributed by atoms with Gasteiger partial charge in [0, 0.05) is 20.1 Å². The predicted octanol–water partition coefficient (Wildman–Crippen LogP) is 4.19. The van der Waals surface area contributed by atoms with Crippen molar-refractivity contribution in [2.75, 3.05) is 26.7 Å².